The molecule has 3 rings (SSSR count). The highest BCUT2D eigenvalue weighted by molar-refractivity contribution is 6.31. The second-order valence-corrected chi connectivity index (χ2v) is 6.76. The van der Waals surface area contributed by atoms with Crippen LogP contribution in [0.25, 0.3) is 5.69 Å². The van der Waals surface area contributed by atoms with E-state index in [9.17, 15) is 9.90 Å². The normalized spacial score (nSPS) is 18.0. The van der Waals surface area contributed by atoms with E-state index < -0.39 is 0 Å². The van der Waals surface area contributed by atoms with Gasteiger partial charge in [-0.05, 0) is 56.9 Å². The topological polar surface area (TPSA) is 58.4 Å². The highest BCUT2D eigenvalue weighted by Crippen LogP contribution is 2.23. The van der Waals surface area contributed by atoms with E-state index in [1.165, 1.54) is 0 Å². The predicted octanol–water partition coefficient (Wildman–Crippen LogP) is 2.99. The van der Waals surface area contributed by atoms with E-state index >= 15 is 0 Å². The Morgan fingerprint density at radius 1 is 1.33 bits per heavy atom. The highest BCUT2D eigenvalue weighted by Gasteiger charge is 2.24. The summed E-state index contributed by atoms with van der Waals surface area (Å²) in [4.78, 5) is 14.5. The van der Waals surface area contributed by atoms with E-state index in [0.717, 1.165) is 36.5 Å². The molecule has 1 aromatic carbocycles. The minimum atomic E-state index is 0.0195. The number of amides is 1. The smallest absolute Gasteiger partial charge is 0.253 e. The van der Waals surface area contributed by atoms with Crippen molar-refractivity contribution < 1.29 is 9.90 Å². The molecule has 0 aliphatic carbocycles. The lowest BCUT2D eigenvalue weighted by Crippen LogP contribution is -2.40. The van der Waals surface area contributed by atoms with Gasteiger partial charge < -0.3 is 10.0 Å². The van der Waals surface area contributed by atoms with Gasteiger partial charge in [-0.1, -0.05) is 11.6 Å². The van der Waals surface area contributed by atoms with Gasteiger partial charge in [0.2, 0.25) is 0 Å². The SMILES string of the molecule is Cc1nn(-c2ccc(C(=O)N3CCCC(CO)C3)cc2)c(C)c1Cl. The average molecular weight is 348 g/mol. The Kier molecular flexibility index (Phi) is 4.92. The van der Waals surface area contributed by atoms with Gasteiger partial charge in [0.1, 0.15) is 0 Å². The number of piperidine rings is 1. The van der Waals surface area contributed by atoms with Crippen molar-refractivity contribution in [2.45, 2.75) is 26.7 Å². The molecule has 6 heteroatoms. The van der Waals surface area contributed by atoms with Crippen molar-refractivity contribution in [3.8, 4) is 5.69 Å². The number of aliphatic hydroxyl groups is 1. The molecule has 1 unspecified atom stereocenters. The van der Waals surface area contributed by atoms with E-state index in [1.54, 1.807) is 4.68 Å². The summed E-state index contributed by atoms with van der Waals surface area (Å²) in [6, 6.07) is 7.42. The summed E-state index contributed by atoms with van der Waals surface area (Å²) in [5.41, 5.74) is 3.21. The van der Waals surface area contributed by atoms with Crippen LogP contribution in [0.15, 0.2) is 24.3 Å². The lowest BCUT2D eigenvalue weighted by atomic mass is 9.98. The largest absolute Gasteiger partial charge is 0.396 e. The van der Waals surface area contributed by atoms with Crippen molar-refractivity contribution in [3.63, 3.8) is 0 Å². The third kappa shape index (κ3) is 3.19. The fourth-order valence-corrected chi connectivity index (χ4v) is 3.32. The van der Waals surface area contributed by atoms with Crippen LogP contribution >= 0.6 is 11.6 Å². The lowest BCUT2D eigenvalue weighted by molar-refractivity contribution is 0.0620. The van der Waals surface area contributed by atoms with Crippen LogP contribution in [0.2, 0.25) is 5.02 Å². The zero-order chi connectivity index (χ0) is 17.3. The predicted molar refractivity (Wildman–Crippen MR) is 93.8 cm³/mol. The number of carbonyl (C=O) groups is 1. The van der Waals surface area contributed by atoms with Gasteiger partial charge in [-0.2, -0.15) is 5.10 Å². The van der Waals surface area contributed by atoms with Crippen LogP contribution in [0.1, 0.15) is 34.6 Å². The van der Waals surface area contributed by atoms with Crippen LogP contribution in [0, 0.1) is 19.8 Å². The second kappa shape index (κ2) is 6.95. The second-order valence-electron chi connectivity index (χ2n) is 6.39. The number of aromatic nitrogens is 2. The van der Waals surface area contributed by atoms with Gasteiger partial charge in [0.25, 0.3) is 5.91 Å². The molecule has 2 heterocycles. The quantitative estimate of drug-likeness (QED) is 0.928. The molecular weight excluding hydrogens is 326 g/mol. The van der Waals surface area contributed by atoms with Gasteiger partial charge >= 0.3 is 0 Å². The first kappa shape index (κ1) is 17.0. The van der Waals surface area contributed by atoms with Crippen LogP contribution in [-0.4, -0.2) is 45.4 Å². The number of likely N-dealkylation sites (tertiary alicyclic amines) is 1. The number of nitrogens with zero attached hydrogens (tertiary/aromatic N) is 3. The zero-order valence-corrected chi connectivity index (χ0v) is 14.8. The summed E-state index contributed by atoms with van der Waals surface area (Å²) in [7, 11) is 0. The average Bonchev–Trinajstić information content (AvgIpc) is 2.88. The highest BCUT2D eigenvalue weighted by atomic mass is 35.5. The molecule has 0 radical (unpaired) electrons. The first-order valence-electron chi connectivity index (χ1n) is 8.23. The van der Waals surface area contributed by atoms with Crippen molar-refractivity contribution >= 4 is 17.5 Å². The summed E-state index contributed by atoms with van der Waals surface area (Å²) in [5, 5.41) is 14.4. The first-order valence-corrected chi connectivity index (χ1v) is 8.61. The summed E-state index contributed by atoms with van der Waals surface area (Å²) < 4.78 is 1.79. The van der Waals surface area contributed by atoms with Crippen LogP contribution in [0.3, 0.4) is 0 Å². The van der Waals surface area contributed by atoms with E-state index in [4.69, 9.17) is 11.6 Å². The standard InChI is InChI=1S/C18H22ClN3O2/c1-12-17(19)13(2)22(20-12)16-7-5-15(6-8-16)18(24)21-9-3-4-14(10-21)11-23/h5-8,14,23H,3-4,9-11H2,1-2H3. The van der Waals surface area contributed by atoms with Gasteiger partial charge in [0.15, 0.2) is 0 Å². The monoisotopic (exact) mass is 347 g/mol. The van der Waals surface area contributed by atoms with E-state index in [1.807, 2.05) is 43.0 Å². The van der Waals surface area contributed by atoms with Crippen LogP contribution < -0.4 is 0 Å². The molecule has 0 spiro atoms. The molecule has 5 nitrogen and oxygen atoms in total. The number of halogens is 1. The van der Waals surface area contributed by atoms with Crippen LogP contribution in [0.5, 0.6) is 0 Å². The molecule has 1 aliphatic heterocycles. The molecule has 128 valence electrons. The number of aryl methyl sites for hydroxylation is 1. The summed E-state index contributed by atoms with van der Waals surface area (Å²) in [6.07, 6.45) is 1.93. The molecule has 1 amide bonds. The summed E-state index contributed by atoms with van der Waals surface area (Å²) >= 11 is 6.19. The molecule has 0 saturated carbocycles. The Morgan fingerprint density at radius 3 is 2.62 bits per heavy atom. The Hall–Kier alpha value is -1.85. The minimum absolute atomic E-state index is 0.0195. The van der Waals surface area contributed by atoms with Crippen LogP contribution in [0.4, 0.5) is 0 Å². The molecule has 1 aliphatic rings. The molecule has 0 bridgehead atoms. The van der Waals surface area contributed by atoms with Crippen molar-refractivity contribution in [2.24, 2.45) is 5.92 Å². The number of aliphatic hydroxyl groups excluding tert-OH is 1. The third-order valence-electron chi connectivity index (χ3n) is 4.63. The lowest BCUT2D eigenvalue weighted by Gasteiger charge is -2.31. The molecule has 1 N–H and O–H groups in total. The molecule has 2 aromatic rings. The fourth-order valence-electron chi connectivity index (χ4n) is 3.20. The Labute approximate surface area is 146 Å². The van der Waals surface area contributed by atoms with E-state index in [0.29, 0.717) is 17.1 Å². The maximum atomic E-state index is 12.6. The molecular formula is C18H22ClN3O2. The molecule has 1 fully saturated rings. The number of hydrogen-bond acceptors (Lipinski definition) is 3. The van der Waals surface area contributed by atoms with Crippen molar-refractivity contribution in [1.29, 1.82) is 0 Å². The number of rotatable bonds is 3. The Bertz CT molecular complexity index is 739. The molecule has 1 aromatic heterocycles. The van der Waals surface area contributed by atoms with Gasteiger partial charge in [0.05, 0.1) is 22.1 Å². The van der Waals surface area contributed by atoms with Crippen molar-refractivity contribution in [3.05, 3.63) is 46.2 Å². The third-order valence-corrected chi connectivity index (χ3v) is 5.17. The van der Waals surface area contributed by atoms with Crippen molar-refractivity contribution in [1.82, 2.24) is 14.7 Å². The summed E-state index contributed by atoms with van der Waals surface area (Å²) in [5.74, 6) is 0.213. The summed E-state index contributed by atoms with van der Waals surface area (Å²) in [6.45, 7) is 5.32. The van der Waals surface area contributed by atoms with Gasteiger partial charge in [-0.3, -0.25) is 4.79 Å². The number of carbonyl (C=O) groups excluding carboxylic acids is 1. The number of benzene rings is 1. The molecule has 24 heavy (non-hydrogen) atoms. The Balaban J connectivity index is 1.79. The maximum absolute atomic E-state index is 12.6. The maximum Gasteiger partial charge on any atom is 0.253 e. The zero-order valence-electron chi connectivity index (χ0n) is 14.0. The van der Waals surface area contributed by atoms with Gasteiger partial charge in [-0.25, -0.2) is 4.68 Å². The Morgan fingerprint density at radius 2 is 2.04 bits per heavy atom. The van der Waals surface area contributed by atoms with Gasteiger partial charge in [-0.15, -0.1) is 0 Å². The van der Waals surface area contributed by atoms with Gasteiger partial charge in [0, 0.05) is 25.3 Å². The molecule has 1 saturated heterocycles. The van der Waals surface area contributed by atoms with Crippen molar-refractivity contribution in [2.75, 3.05) is 19.7 Å². The minimum Gasteiger partial charge on any atom is -0.396 e. The first-order chi connectivity index (χ1) is 11.5. The van der Waals surface area contributed by atoms with E-state index in [2.05, 4.69) is 5.10 Å². The molecule has 1 atom stereocenters. The fraction of sp³-hybridized carbons (Fsp3) is 0.444. The van der Waals surface area contributed by atoms with E-state index in [-0.39, 0.29) is 18.4 Å². The number of hydrogen-bond donors (Lipinski definition) is 1. The van der Waals surface area contributed by atoms with Crippen LogP contribution in [-0.2, 0) is 0 Å².